The van der Waals surface area contributed by atoms with E-state index in [0.717, 1.165) is 6.04 Å². The quantitative estimate of drug-likeness (QED) is 0.533. The molecule has 0 aromatic heterocycles. The van der Waals surface area contributed by atoms with Crippen LogP contribution in [0.4, 0.5) is 0 Å². The molecule has 1 rings (SSSR count). The molecule has 0 saturated carbocycles. The highest BCUT2D eigenvalue weighted by Gasteiger charge is 2.31. The molecular weight excluding hydrogens is 200 g/mol. The highest BCUT2D eigenvalue weighted by Crippen LogP contribution is 2.21. The van der Waals surface area contributed by atoms with Gasteiger partial charge in [0, 0.05) is 26.2 Å². The van der Waals surface area contributed by atoms with Gasteiger partial charge in [-0.2, -0.15) is 0 Å². The molecule has 3 heteroatoms. The van der Waals surface area contributed by atoms with Crippen molar-refractivity contribution in [2.24, 2.45) is 0 Å². The Hall–Kier alpha value is -0.383. The Kier molecular flexibility index (Phi) is 4.31. The van der Waals surface area contributed by atoms with E-state index < -0.39 is 8.24 Å². The molecule has 0 bridgehead atoms. The summed E-state index contributed by atoms with van der Waals surface area (Å²) in [6.45, 7) is 17.6. The molecule has 1 aliphatic heterocycles. The van der Waals surface area contributed by atoms with Gasteiger partial charge < -0.3 is 9.47 Å². The maximum Gasteiger partial charge on any atom is 0.126 e. The molecule has 1 fully saturated rings. The Labute approximate surface area is 95.3 Å². The smallest absolute Gasteiger partial charge is 0.126 e. The van der Waals surface area contributed by atoms with Crippen LogP contribution in [-0.2, 0) is 0 Å². The third kappa shape index (κ3) is 3.59. The van der Waals surface area contributed by atoms with Crippen LogP contribution in [0.15, 0.2) is 24.8 Å². The predicted octanol–water partition coefficient (Wildman–Crippen LogP) is 2.18. The van der Waals surface area contributed by atoms with Crippen LogP contribution in [-0.4, -0.2) is 50.9 Å². The van der Waals surface area contributed by atoms with Gasteiger partial charge in [-0.05, 0) is 13.1 Å². The topological polar surface area (TPSA) is 6.48 Å². The maximum atomic E-state index is 4.05. The molecule has 0 radical (unpaired) electrons. The van der Waals surface area contributed by atoms with Crippen molar-refractivity contribution in [2.75, 3.05) is 33.2 Å². The number of hydrogen-bond donors (Lipinski definition) is 0. The zero-order valence-electron chi connectivity index (χ0n) is 10.4. The van der Waals surface area contributed by atoms with Gasteiger partial charge in [-0.3, -0.25) is 0 Å². The molecule has 0 aromatic carbocycles. The van der Waals surface area contributed by atoms with Gasteiger partial charge in [0.15, 0.2) is 0 Å². The number of hydrogen-bond acceptors (Lipinski definition) is 2. The molecule has 86 valence electrons. The highest BCUT2D eigenvalue weighted by atomic mass is 28.3. The van der Waals surface area contributed by atoms with Gasteiger partial charge in [-0.1, -0.05) is 37.9 Å². The molecule has 0 unspecified atom stereocenters. The number of nitrogens with zero attached hydrogens (tertiary/aromatic N) is 2. The largest absolute Gasteiger partial charge is 0.321 e. The standard InChI is InChI=1S/C12H24N2Si/c1-6-12(2)11-15(4,5)14-9-7-13(3)8-10-14/h6H,1-2,7-11H2,3-5H3. The van der Waals surface area contributed by atoms with Gasteiger partial charge >= 0.3 is 0 Å². The SMILES string of the molecule is C=CC(=C)C[Si](C)(C)N1CCN(C)CC1. The normalized spacial score (nSPS) is 20.2. The van der Waals surface area contributed by atoms with E-state index in [4.69, 9.17) is 0 Å². The molecule has 0 aliphatic carbocycles. The van der Waals surface area contributed by atoms with Gasteiger partial charge in [0.25, 0.3) is 0 Å². The first kappa shape index (κ1) is 12.7. The average molecular weight is 224 g/mol. The summed E-state index contributed by atoms with van der Waals surface area (Å²) in [4.78, 5) is 2.41. The molecule has 15 heavy (non-hydrogen) atoms. The number of piperazine rings is 1. The van der Waals surface area contributed by atoms with Gasteiger partial charge in [0.05, 0.1) is 0 Å². The minimum Gasteiger partial charge on any atom is -0.321 e. The molecule has 0 amide bonds. The minimum absolute atomic E-state index is 1.15. The van der Waals surface area contributed by atoms with Gasteiger partial charge in [0.1, 0.15) is 8.24 Å². The van der Waals surface area contributed by atoms with E-state index in [-0.39, 0.29) is 0 Å². The molecule has 1 saturated heterocycles. The molecule has 0 atom stereocenters. The summed E-state index contributed by atoms with van der Waals surface area (Å²) in [5.74, 6) is 0. The zero-order chi connectivity index (χ0) is 11.5. The van der Waals surface area contributed by atoms with Crippen molar-refractivity contribution in [1.29, 1.82) is 0 Å². The van der Waals surface area contributed by atoms with Crippen LogP contribution in [0.2, 0.25) is 19.1 Å². The number of allylic oxidation sites excluding steroid dienone is 2. The Morgan fingerprint density at radius 2 is 1.80 bits per heavy atom. The van der Waals surface area contributed by atoms with Crippen molar-refractivity contribution in [3.63, 3.8) is 0 Å². The summed E-state index contributed by atoms with van der Waals surface area (Å²) < 4.78 is 2.70. The van der Waals surface area contributed by atoms with Crippen LogP contribution < -0.4 is 0 Å². The second kappa shape index (κ2) is 5.10. The summed E-state index contributed by atoms with van der Waals surface area (Å²) in [5.41, 5.74) is 1.20. The van der Waals surface area contributed by atoms with Crippen LogP contribution in [0.5, 0.6) is 0 Å². The van der Waals surface area contributed by atoms with Gasteiger partial charge in [0.2, 0.25) is 0 Å². The summed E-state index contributed by atoms with van der Waals surface area (Å²) >= 11 is 0. The average Bonchev–Trinajstić information content (AvgIpc) is 2.17. The number of likely N-dealkylation sites (N-methyl/N-ethyl adjacent to an activating group) is 1. The van der Waals surface area contributed by atoms with Crippen LogP contribution >= 0.6 is 0 Å². The van der Waals surface area contributed by atoms with Crippen molar-refractivity contribution in [2.45, 2.75) is 19.1 Å². The first-order valence-corrected chi connectivity index (χ1v) is 8.85. The summed E-state index contributed by atoms with van der Waals surface area (Å²) in [7, 11) is 0.923. The van der Waals surface area contributed by atoms with E-state index in [1.165, 1.54) is 31.8 Å². The molecular formula is C12H24N2Si. The summed E-state index contributed by atoms with van der Waals surface area (Å²) in [5, 5.41) is 0. The third-order valence-electron chi connectivity index (χ3n) is 3.31. The summed E-state index contributed by atoms with van der Waals surface area (Å²) in [6, 6.07) is 1.15. The van der Waals surface area contributed by atoms with Crippen molar-refractivity contribution in [3.05, 3.63) is 24.8 Å². The van der Waals surface area contributed by atoms with Crippen molar-refractivity contribution in [1.82, 2.24) is 9.47 Å². The lowest BCUT2D eigenvalue weighted by Crippen LogP contribution is -2.56. The fourth-order valence-corrected chi connectivity index (χ4v) is 5.04. The van der Waals surface area contributed by atoms with Crippen LogP contribution in [0.1, 0.15) is 0 Å². The van der Waals surface area contributed by atoms with Crippen LogP contribution in [0.25, 0.3) is 0 Å². The lowest BCUT2D eigenvalue weighted by molar-refractivity contribution is 0.217. The third-order valence-corrected chi connectivity index (χ3v) is 6.79. The molecule has 0 N–H and O–H groups in total. The van der Waals surface area contributed by atoms with E-state index in [1.807, 2.05) is 6.08 Å². The molecule has 1 aliphatic rings. The zero-order valence-corrected chi connectivity index (χ0v) is 11.4. The first-order chi connectivity index (χ1) is 6.95. The predicted molar refractivity (Wildman–Crippen MR) is 70.7 cm³/mol. The fourth-order valence-electron chi connectivity index (χ4n) is 2.15. The Bertz CT molecular complexity index is 240. The van der Waals surface area contributed by atoms with Gasteiger partial charge in [-0.15, -0.1) is 0 Å². The Balaban J connectivity index is 2.53. The van der Waals surface area contributed by atoms with E-state index in [2.05, 4.69) is 42.8 Å². The Morgan fingerprint density at radius 1 is 1.27 bits per heavy atom. The fraction of sp³-hybridized carbons (Fsp3) is 0.667. The van der Waals surface area contributed by atoms with Crippen LogP contribution in [0.3, 0.4) is 0 Å². The summed E-state index contributed by atoms with van der Waals surface area (Å²) in [6.07, 6.45) is 1.91. The second-order valence-corrected chi connectivity index (χ2v) is 9.75. The molecule has 1 heterocycles. The van der Waals surface area contributed by atoms with E-state index in [1.54, 1.807) is 0 Å². The van der Waals surface area contributed by atoms with E-state index in [0.29, 0.717) is 0 Å². The second-order valence-electron chi connectivity index (χ2n) is 5.14. The first-order valence-electron chi connectivity index (χ1n) is 5.69. The lowest BCUT2D eigenvalue weighted by Gasteiger charge is -2.42. The maximum absolute atomic E-state index is 4.05. The molecule has 0 spiro atoms. The minimum atomic E-state index is -1.28. The van der Waals surface area contributed by atoms with Gasteiger partial charge in [-0.25, -0.2) is 0 Å². The molecule has 2 nitrogen and oxygen atoms in total. The van der Waals surface area contributed by atoms with Crippen molar-refractivity contribution in [3.8, 4) is 0 Å². The number of rotatable bonds is 4. The molecule has 0 aromatic rings. The van der Waals surface area contributed by atoms with E-state index in [9.17, 15) is 0 Å². The Morgan fingerprint density at radius 3 is 2.27 bits per heavy atom. The van der Waals surface area contributed by atoms with Crippen LogP contribution in [0, 0.1) is 0 Å². The highest BCUT2D eigenvalue weighted by molar-refractivity contribution is 6.75. The van der Waals surface area contributed by atoms with Crippen molar-refractivity contribution >= 4 is 8.24 Å². The van der Waals surface area contributed by atoms with E-state index >= 15 is 0 Å². The van der Waals surface area contributed by atoms with Crippen molar-refractivity contribution < 1.29 is 0 Å². The monoisotopic (exact) mass is 224 g/mol. The lowest BCUT2D eigenvalue weighted by atomic mass is 10.3.